The van der Waals surface area contributed by atoms with E-state index < -0.39 is 5.60 Å². The zero-order valence-electron chi connectivity index (χ0n) is 9.33. The van der Waals surface area contributed by atoms with Crippen LogP contribution >= 0.6 is 0 Å². The first-order valence-electron chi connectivity index (χ1n) is 4.80. The second kappa shape index (κ2) is 5.49. The molecular weight excluding hydrogens is 176 g/mol. The summed E-state index contributed by atoms with van der Waals surface area (Å²) in [5, 5.41) is 0. The van der Waals surface area contributed by atoms with Gasteiger partial charge in [0.2, 0.25) is 0 Å². The van der Waals surface area contributed by atoms with Crippen LogP contribution in [0.1, 0.15) is 34.1 Å². The summed E-state index contributed by atoms with van der Waals surface area (Å²) in [6, 6.07) is 0. The Morgan fingerprint density at radius 1 is 1.71 bits per heavy atom. The molecule has 0 rings (SSSR count). The predicted molar refractivity (Wildman–Crippen MR) is 57.6 cm³/mol. The SMILES string of the molecule is C#CC(C)(C=CC(C)CC)OC(C)=O. The van der Waals surface area contributed by atoms with E-state index >= 15 is 0 Å². The minimum atomic E-state index is -0.907. The largest absolute Gasteiger partial charge is 0.443 e. The molecule has 0 aromatic rings. The van der Waals surface area contributed by atoms with E-state index in [4.69, 9.17) is 11.2 Å². The lowest BCUT2D eigenvalue weighted by molar-refractivity contribution is -0.147. The molecule has 0 aliphatic carbocycles. The van der Waals surface area contributed by atoms with Gasteiger partial charge >= 0.3 is 5.97 Å². The van der Waals surface area contributed by atoms with E-state index in [-0.39, 0.29) is 5.97 Å². The molecular formula is C12H18O2. The van der Waals surface area contributed by atoms with E-state index in [0.717, 1.165) is 6.42 Å². The topological polar surface area (TPSA) is 26.3 Å². The molecule has 0 N–H and O–H groups in total. The Hall–Kier alpha value is -1.23. The molecule has 0 saturated carbocycles. The first-order chi connectivity index (χ1) is 6.43. The van der Waals surface area contributed by atoms with Crippen molar-refractivity contribution in [3.8, 4) is 12.3 Å². The van der Waals surface area contributed by atoms with Gasteiger partial charge in [0, 0.05) is 6.92 Å². The number of terminal acetylenes is 1. The van der Waals surface area contributed by atoms with Gasteiger partial charge in [-0.2, -0.15) is 0 Å². The summed E-state index contributed by atoms with van der Waals surface area (Å²) < 4.78 is 5.02. The van der Waals surface area contributed by atoms with Crippen molar-refractivity contribution in [3.05, 3.63) is 12.2 Å². The molecule has 0 amide bonds. The van der Waals surface area contributed by atoms with Gasteiger partial charge in [0.05, 0.1) is 0 Å². The second-order valence-electron chi connectivity index (χ2n) is 3.59. The van der Waals surface area contributed by atoms with Gasteiger partial charge in [0.25, 0.3) is 0 Å². The van der Waals surface area contributed by atoms with Gasteiger partial charge in [-0.25, -0.2) is 0 Å². The Morgan fingerprint density at radius 2 is 2.29 bits per heavy atom. The predicted octanol–water partition coefficient (Wildman–Crippen LogP) is 2.54. The zero-order chi connectivity index (χ0) is 11.2. The molecule has 0 aliphatic heterocycles. The number of carbonyl (C=O) groups excluding carboxylic acids is 1. The molecule has 0 aromatic heterocycles. The van der Waals surface area contributed by atoms with Crippen LogP contribution in [-0.4, -0.2) is 11.6 Å². The van der Waals surface area contributed by atoms with E-state index in [1.807, 2.05) is 6.08 Å². The molecule has 0 fully saturated rings. The lowest BCUT2D eigenvalue weighted by Gasteiger charge is -2.19. The van der Waals surface area contributed by atoms with Gasteiger partial charge in [0.15, 0.2) is 5.60 Å². The zero-order valence-corrected chi connectivity index (χ0v) is 9.33. The van der Waals surface area contributed by atoms with Crippen LogP contribution in [0.2, 0.25) is 0 Å². The van der Waals surface area contributed by atoms with Crippen molar-refractivity contribution in [2.75, 3.05) is 0 Å². The van der Waals surface area contributed by atoms with Crippen LogP contribution in [0, 0.1) is 18.3 Å². The maximum absolute atomic E-state index is 10.8. The minimum Gasteiger partial charge on any atom is -0.443 e. The average Bonchev–Trinajstić information content (AvgIpc) is 2.13. The third-order valence-corrected chi connectivity index (χ3v) is 2.03. The minimum absolute atomic E-state index is 0.362. The Morgan fingerprint density at radius 3 is 2.64 bits per heavy atom. The molecule has 0 heterocycles. The highest BCUT2D eigenvalue weighted by Crippen LogP contribution is 2.14. The second-order valence-corrected chi connectivity index (χ2v) is 3.59. The van der Waals surface area contributed by atoms with E-state index in [1.54, 1.807) is 13.0 Å². The highest BCUT2D eigenvalue weighted by atomic mass is 16.6. The molecule has 2 unspecified atom stereocenters. The molecule has 78 valence electrons. The quantitative estimate of drug-likeness (QED) is 0.390. The first-order valence-corrected chi connectivity index (χ1v) is 4.80. The molecule has 0 bridgehead atoms. The fourth-order valence-electron chi connectivity index (χ4n) is 0.894. The standard InChI is InChI=1S/C12H18O2/c1-6-10(3)8-9-12(5,7-2)14-11(4)13/h2,8-10H,6H2,1,3-5H3. The van der Waals surface area contributed by atoms with Gasteiger partial charge in [-0.05, 0) is 18.9 Å². The number of carbonyl (C=O) groups is 1. The number of allylic oxidation sites excluding steroid dienone is 1. The smallest absolute Gasteiger partial charge is 0.304 e. The monoisotopic (exact) mass is 194 g/mol. The third-order valence-electron chi connectivity index (χ3n) is 2.03. The number of hydrogen-bond donors (Lipinski definition) is 0. The highest BCUT2D eigenvalue weighted by Gasteiger charge is 2.20. The summed E-state index contributed by atoms with van der Waals surface area (Å²) in [6.07, 6.45) is 10.1. The van der Waals surface area contributed by atoms with E-state index in [2.05, 4.69) is 19.8 Å². The van der Waals surface area contributed by atoms with Crippen LogP contribution < -0.4 is 0 Å². The molecule has 2 atom stereocenters. The summed E-state index contributed by atoms with van der Waals surface area (Å²) in [4.78, 5) is 10.8. The Kier molecular flexibility index (Phi) is 5.01. The van der Waals surface area contributed by atoms with Crippen molar-refractivity contribution in [2.24, 2.45) is 5.92 Å². The first kappa shape index (κ1) is 12.8. The fourth-order valence-corrected chi connectivity index (χ4v) is 0.894. The summed E-state index contributed by atoms with van der Waals surface area (Å²) >= 11 is 0. The van der Waals surface area contributed by atoms with Crippen LogP contribution in [0.5, 0.6) is 0 Å². The van der Waals surface area contributed by atoms with Crippen LogP contribution in [-0.2, 0) is 9.53 Å². The van der Waals surface area contributed by atoms with E-state index in [1.165, 1.54) is 6.92 Å². The van der Waals surface area contributed by atoms with Crippen molar-refractivity contribution in [1.82, 2.24) is 0 Å². The molecule has 0 radical (unpaired) electrons. The molecule has 2 heteroatoms. The van der Waals surface area contributed by atoms with Crippen LogP contribution in [0.3, 0.4) is 0 Å². The Balaban J connectivity index is 4.48. The lowest BCUT2D eigenvalue weighted by atomic mass is 10.0. The van der Waals surface area contributed by atoms with Gasteiger partial charge in [-0.15, -0.1) is 6.42 Å². The van der Waals surface area contributed by atoms with Crippen LogP contribution in [0.25, 0.3) is 0 Å². The summed E-state index contributed by atoms with van der Waals surface area (Å²) in [5.74, 6) is 2.54. The molecule has 0 aromatic carbocycles. The molecule has 0 spiro atoms. The number of rotatable bonds is 4. The third kappa shape index (κ3) is 4.71. The Bertz CT molecular complexity index is 260. The normalized spacial score (nSPS) is 17.1. The van der Waals surface area contributed by atoms with Gasteiger partial charge < -0.3 is 4.74 Å². The van der Waals surface area contributed by atoms with Crippen molar-refractivity contribution >= 4 is 5.97 Å². The number of hydrogen-bond acceptors (Lipinski definition) is 2. The van der Waals surface area contributed by atoms with Crippen LogP contribution in [0.4, 0.5) is 0 Å². The van der Waals surface area contributed by atoms with Crippen LogP contribution in [0.15, 0.2) is 12.2 Å². The summed E-state index contributed by atoms with van der Waals surface area (Å²) in [7, 11) is 0. The number of ether oxygens (including phenoxy) is 1. The maximum atomic E-state index is 10.8. The van der Waals surface area contributed by atoms with Gasteiger partial charge in [0.1, 0.15) is 0 Å². The molecule has 0 aliphatic rings. The van der Waals surface area contributed by atoms with Gasteiger partial charge in [-0.3, -0.25) is 4.79 Å². The summed E-state index contributed by atoms with van der Waals surface area (Å²) in [5.41, 5.74) is -0.907. The van der Waals surface area contributed by atoms with Crippen molar-refractivity contribution in [1.29, 1.82) is 0 Å². The van der Waals surface area contributed by atoms with Crippen molar-refractivity contribution in [2.45, 2.75) is 39.7 Å². The summed E-state index contributed by atoms with van der Waals surface area (Å²) in [6.45, 7) is 7.23. The molecule has 14 heavy (non-hydrogen) atoms. The highest BCUT2D eigenvalue weighted by molar-refractivity contribution is 5.67. The number of esters is 1. The van der Waals surface area contributed by atoms with E-state index in [9.17, 15) is 4.79 Å². The van der Waals surface area contributed by atoms with Crippen molar-refractivity contribution < 1.29 is 9.53 Å². The Labute approximate surface area is 86.3 Å². The van der Waals surface area contributed by atoms with E-state index in [0.29, 0.717) is 5.92 Å². The van der Waals surface area contributed by atoms with Crippen molar-refractivity contribution in [3.63, 3.8) is 0 Å². The molecule has 0 saturated heterocycles. The molecule has 2 nitrogen and oxygen atoms in total. The van der Waals surface area contributed by atoms with Gasteiger partial charge in [-0.1, -0.05) is 32.3 Å². The average molecular weight is 194 g/mol. The fraction of sp³-hybridized carbons (Fsp3) is 0.583. The maximum Gasteiger partial charge on any atom is 0.304 e. The lowest BCUT2D eigenvalue weighted by Crippen LogP contribution is -2.26.